The fraction of sp³-hybridized carbons (Fsp3) is 0.304. The number of fused-ring (bicyclic) bond motifs is 2. The van der Waals surface area contributed by atoms with Crippen LogP contribution in [0.2, 0.25) is 0 Å². The zero-order chi connectivity index (χ0) is 21.2. The minimum atomic E-state index is -3.21. The van der Waals surface area contributed by atoms with Gasteiger partial charge in [-0.05, 0) is 38.0 Å². The Labute approximate surface area is 174 Å². The second-order valence-corrected chi connectivity index (χ2v) is 10.5. The van der Waals surface area contributed by atoms with Crippen LogP contribution in [0.15, 0.2) is 51.7 Å². The van der Waals surface area contributed by atoms with E-state index in [1.54, 1.807) is 17.0 Å². The molecule has 5 rings (SSSR count). The first-order valence-corrected chi connectivity index (χ1v) is 11.7. The van der Waals surface area contributed by atoms with Crippen LogP contribution in [0.5, 0.6) is 0 Å². The first-order valence-electron chi connectivity index (χ1n) is 9.92. The van der Waals surface area contributed by atoms with Crippen molar-refractivity contribution in [3.63, 3.8) is 0 Å². The summed E-state index contributed by atoms with van der Waals surface area (Å²) in [6.45, 7) is 3.86. The van der Waals surface area contributed by atoms with Gasteiger partial charge in [0.1, 0.15) is 5.58 Å². The van der Waals surface area contributed by atoms with Crippen LogP contribution in [0, 0.1) is 13.8 Å². The minimum Gasteiger partial charge on any atom is -0.450 e. The number of amides is 1. The number of hydrogen-bond donors (Lipinski definition) is 0. The van der Waals surface area contributed by atoms with E-state index in [-0.39, 0.29) is 22.7 Å². The van der Waals surface area contributed by atoms with Gasteiger partial charge in [0.2, 0.25) is 5.76 Å². The molecular formula is C23H21NO5S. The molecule has 2 aliphatic rings. The Kier molecular flexibility index (Phi) is 4.15. The summed E-state index contributed by atoms with van der Waals surface area (Å²) >= 11 is 0. The Balaban J connectivity index is 1.77. The summed E-state index contributed by atoms with van der Waals surface area (Å²) in [5.74, 6) is -0.452. The molecule has 6 nitrogen and oxygen atoms in total. The summed E-state index contributed by atoms with van der Waals surface area (Å²) in [6, 6.07) is 11.8. The van der Waals surface area contributed by atoms with Gasteiger partial charge in [-0.15, -0.1) is 0 Å². The third-order valence-corrected chi connectivity index (χ3v) is 7.81. The molecule has 0 spiro atoms. The largest absolute Gasteiger partial charge is 0.450 e. The van der Waals surface area contributed by atoms with E-state index in [0.717, 1.165) is 16.7 Å². The molecule has 1 saturated heterocycles. The second kappa shape index (κ2) is 6.54. The summed E-state index contributed by atoms with van der Waals surface area (Å²) in [5.41, 5.74) is 3.17. The summed E-state index contributed by atoms with van der Waals surface area (Å²) < 4.78 is 30.2. The third kappa shape index (κ3) is 2.88. The molecule has 30 heavy (non-hydrogen) atoms. The number of nitrogens with zero attached hydrogens (tertiary/aromatic N) is 1. The number of carbonyl (C=O) groups is 1. The maximum Gasteiger partial charge on any atom is 0.291 e. The van der Waals surface area contributed by atoms with Crippen LogP contribution in [0.4, 0.5) is 0 Å². The maximum atomic E-state index is 13.5. The number of hydrogen-bond acceptors (Lipinski definition) is 5. The van der Waals surface area contributed by atoms with E-state index in [1.807, 2.05) is 44.2 Å². The quantitative estimate of drug-likeness (QED) is 0.632. The average molecular weight is 423 g/mol. The Morgan fingerprint density at radius 3 is 2.37 bits per heavy atom. The van der Waals surface area contributed by atoms with Crippen LogP contribution in [-0.4, -0.2) is 36.8 Å². The average Bonchev–Trinajstić information content (AvgIpc) is 3.20. The molecule has 7 heteroatoms. The van der Waals surface area contributed by atoms with Crippen LogP contribution in [0.25, 0.3) is 11.0 Å². The van der Waals surface area contributed by atoms with E-state index in [9.17, 15) is 18.0 Å². The van der Waals surface area contributed by atoms with Gasteiger partial charge in [0.15, 0.2) is 15.3 Å². The Hall–Kier alpha value is -2.93. The number of aryl methyl sites for hydroxylation is 2. The van der Waals surface area contributed by atoms with E-state index >= 15 is 0 Å². The zero-order valence-electron chi connectivity index (χ0n) is 16.7. The first-order chi connectivity index (χ1) is 14.2. The van der Waals surface area contributed by atoms with Gasteiger partial charge in [-0.2, -0.15) is 0 Å². The van der Waals surface area contributed by atoms with Crippen molar-refractivity contribution in [2.24, 2.45) is 0 Å². The van der Waals surface area contributed by atoms with E-state index < -0.39 is 27.8 Å². The first kappa shape index (κ1) is 19.1. The van der Waals surface area contributed by atoms with Crippen molar-refractivity contribution >= 4 is 26.7 Å². The number of rotatable bonds is 2. The molecule has 2 atom stereocenters. The molecule has 1 fully saturated rings. The maximum absolute atomic E-state index is 13.5. The molecular weight excluding hydrogens is 402 g/mol. The molecule has 2 aliphatic heterocycles. The lowest BCUT2D eigenvalue weighted by molar-refractivity contribution is 0.0662. The molecule has 1 aromatic heterocycles. The third-order valence-electron chi connectivity index (χ3n) is 6.06. The van der Waals surface area contributed by atoms with Crippen LogP contribution >= 0.6 is 0 Å². The van der Waals surface area contributed by atoms with Crippen LogP contribution in [0.3, 0.4) is 0 Å². The molecule has 0 aliphatic carbocycles. The lowest BCUT2D eigenvalue weighted by Gasteiger charge is -2.30. The molecule has 2 aromatic carbocycles. The van der Waals surface area contributed by atoms with Crippen molar-refractivity contribution in [3.05, 3.63) is 80.7 Å². The highest BCUT2D eigenvalue weighted by atomic mass is 32.2. The SMILES string of the molecule is Cc1ccc(C2c3c(oc4ccc(C)cc4c3=O)C(=O)N2C2CCS(=O)(=O)C2)cc1. The highest BCUT2D eigenvalue weighted by Crippen LogP contribution is 2.41. The molecule has 1 amide bonds. The highest BCUT2D eigenvalue weighted by molar-refractivity contribution is 7.91. The Morgan fingerprint density at radius 1 is 1.00 bits per heavy atom. The van der Waals surface area contributed by atoms with Crippen LogP contribution < -0.4 is 5.43 Å². The smallest absolute Gasteiger partial charge is 0.291 e. The van der Waals surface area contributed by atoms with Crippen molar-refractivity contribution in [2.75, 3.05) is 11.5 Å². The van der Waals surface area contributed by atoms with E-state index in [1.165, 1.54) is 0 Å². The van der Waals surface area contributed by atoms with Gasteiger partial charge in [-0.1, -0.05) is 41.5 Å². The monoisotopic (exact) mass is 423 g/mol. The van der Waals surface area contributed by atoms with Crippen molar-refractivity contribution in [1.29, 1.82) is 0 Å². The highest BCUT2D eigenvalue weighted by Gasteiger charge is 2.48. The summed E-state index contributed by atoms with van der Waals surface area (Å²) in [4.78, 5) is 28.5. The predicted octanol–water partition coefficient (Wildman–Crippen LogP) is 3.14. The normalized spacial score (nSPS) is 22.6. The van der Waals surface area contributed by atoms with Crippen LogP contribution in [-0.2, 0) is 9.84 Å². The van der Waals surface area contributed by atoms with Crippen molar-refractivity contribution < 1.29 is 17.6 Å². The fourth-order valence-corrected chi connectivity index (χ4v) is 6.26. The van der Waals surface area contributed by atoms with Crippen molar-refractivity contribution in [1.82, 2.24) is 4.90 Å². The van der Waals surface area contributed by atoms with Gasteiger partial charge >= 0.3 is 0 Å². The van der Waals surface area contributed by atoms with Gasteiger partial charge in [-0.3, -0.25) is 9.59 Å². The lowest BCUT2D eigenvalue weighted by atomic mass is 9.96. The Morgan fingerprint density at radius 2 is 1.70 bits per heavy atom. The van der Waals surface area contributed by atoms with Gasteiger partial charge in [0, 0.05) is 6.04 Å². The van der Waals surface area contributed by atoms with Crippen LogP contribution in [0.1, 0.15) is 45.3 Å². The summed E-state index contributed by atoms with van der Waals surface area (Å²) in [7, 11) is -3.21. The number of carbonyl (C=O) groups excluding carboxylic acids is 1. The Bertz CT molecular complexity index is 1350. The predicted molar refractivity (Wildman–Crippen MR) is 113 cm³/mol. The molecule has 3 aromatic rings. The van der Waals surface area contributed by atoms with E-state index in [4.69, 9.17) is 4.42 Å². The summed E-state index contributed by atoms with van der Waals surface area (Å²) in [5, 5.41) is 0.430. The minimum absolute atomic E-state index is 0.0197. The molecule has 0 saturated carbocycles. The number of benzene rings is 2. The van der Waals surface area contributed by atoms with Gasteiger partial charge in [0.05, 0.1) is 28.5 Å². The standard InChI is InChI=1S/C23H21NO5S/c1-13-3-6-15(7-4-13)20-19-21(25)17-11-14(2)5-8-18(17)29-22(19)23(26)24(20)16-9-10-30(27,28)12-16/h3-8,11,16,20H,9-10,12H2,1-2H3. The molecule has 0 radical (unpaired) electrons. The topological polar surface area (TPSA) is 84.7 Å². The van der Waals surface area contributed by atoms with E-state index in [2.05, 4.69) is 0 Å². The molecule has 2 unspecified atom stereocenters. The number of sulfone groups is 1. The molecule has 3 heterocycles. The van der Waals surface area contributed by atoms with Gasteiger partial charge in [0.25, 0.3) is 5.91 Å². The summed E-state index contributed by atoms with van der Waals surface area (Å²) in [6.07, 6.45) is 0.358. The van der Waals surface area contributed by atoms with Gasteiger partial charge in [-0.25, -0.2) is 8.42 Å². The molecule has 154 valence electrons. The van der Waals surface area contributed by atoms with Crippen molar-refractivity contribution in [3.8, 4) is 0 Å². The van der Waals surface area contributed by atoms with E-state index in [0.29, 0.717) is 23.0 Å². The van der Waals surface area contributed by atoms with Crippen molar-refractivity contribution in [2.45, 2.75) is 32.4 Å². The fourth-order valence-electron chi connectivity index (χ4n) is 4.55. The second-order valence-electron chi connectivity index (χ2n) is 8.26. The zero-order valence-corrected chi connectivity index (χ0v) is 17.5. The molecule has 0 bridgehead atoms. The lowest BCUT2D eigenvalue weighted by Crippen LogP contribution is -2.40. The van der Waals surface area contributed by atoms with Gasteiger partial charge < -0.3 is 9.32 Å². The molecule has 0 N–H and O–H groups in total.